The highest BCUT2D eigenvalue weighted by Crippen LogP contribution is 2.19. The van der Waals surface area contributed by atoms with Crippen molar-refractivity contribution in [3.63, 3.8) is 0 Å². The average molecular weight is 305 g/mol. The van der Waals surface area contributed by atoms with Crippen molar-refractivity contribution in [1.82, 2.24) is 5.32 Å². The molecule has 0 saturated heterocycles. The van der Waals surface area contributed by atoms with Crippen LogP contribution in [0.15, 0.2) is 53.1 Å². The van der Waals surface area contributed by atoms with E-state index in [2.05, 4.69) is 5.32 Å². The molecule has 1 amide bonds. The van der Waals surface area contributed by atoms with Crippen LogP contribution in [0, 0.1) is 0 Å². The zero-order valence-electron chi connectivity index (χ0n) is 11.9. The van der Waals surface area contributed by atoms with Crippen molar-refractivity contribution in [3.8, 4) is 0 Å². The summed E-state index contributed by atoms with van der Waals surface area (Å²) in [6.45, 7) is 1.74. The van der Waals surface area contributed by atoms with Crippen molar-refractivity contribution in [2.45, 2.75) is 18.3 Å². The summed E-state index contributed by atoms with van der Waals surface area (Å²) in [7, 11) is 0. The van der Waals surface area contributed by atoms with Crippen molar-refractivity contribution in [2.75, 3.05) is 12.3 Å². The smallest absolute Gasteiger partial charge is 0.230 e. The van der Waals surface area contributed by atoms with E-state index in [0.717, 1.165) is 5.75 Å². The number of hydrogen-bond acceptors (Lipinski definition) is 4. The maximum Gasteiger partial charge on any atom is 0.230 e. The van der Waals surface area contributed by atoms with Crippen LogP contribution < -0.4 is 5.32 Å². The fourth-order valence-corrected chi connectivity index (χ4v) is 2.65. The van der Waals surface area contributed by atoms with E-state index < -0.39 is 5.60 Å². The van der Waals surface area contributed by atoms with Gasteiger partial charge in [-0.2, -0.15) is 0 Å². The second-order valence-electron chi connectivity index (χ2n) is 5.01. The van der Waals surface area contributed by atoms with Crippen LogP contribution in [0.5, 0.6) is 0 Å². The molecule has 0 bridgehead atoms. The first-order valence-electron chi connectivity index (χ1n) is 6.73. The Morgan fingerprint density at radius 1 is 1.29 bits per heavy atom. The van der Waals surface area contributed by atoms with Crippen LogP contribution in [0.2, 0.25) is 0 Å². The molecule has 21 heavy (non-hydrogen) atoms. The Balaban J connectivity index is 1.70. The Hall–Kier alpha value is -1.72. The lowest BCUT2D eigenvalue weighted by molar-refractivity contribution is -0.119. The zero-order chi connectivity index (χ0) is 15.1. The summed E-state index contributed by atoms with van der Waals surface area (Å²) >= 11 is 1.55. The standard InChI is InChI=1S/C16H19NO3S/c1-16(19,14-8-5-9-20-14)12-17-15(18)11-21-10-13-6-3-2-4-7-13/h2-9,19H,10-12H2,1H3,(H,17,18). The average Bonchev–Trinajstić information content (AvgIpc) is 3.01. The highest BCUT2D eigenvalue weighted by Gasteiger charge is 2.26. The number of amides is 1. The number of carbonyl (C=O) groups excluding carboxylic acids is 1. The van der Waals surface area contributed by atoms with Gasteiger partial charge in [-0.25, -0.2) is 0 Å². The number of benzene rings is 1. The number of carbonyl (C=O) groups is 1. The summed E-state index contributed by atoms with van der Waals surface area (Å²) in [5.41, 5.74) is 0.00127. The number of thioether (sulfide) groups is 1. The highest BCUT2D eigenvalue weighted by atomic mass is 32.2. The Labute approximate surface area is 128 Å². The summed E-state index contributed by atoms with van der Waals surface area (Å²) in [6.07, 6.45) is 1.50. The minimum atomic E-state index is -1.19. The molecule has 0 radical (unpaired) electrons. The van der Waals surface area contributed by atoms with Gasteiger partial charge in [-0.3, -0.25) is 4.79 Å². The Bertz CT molecular complexity index is 552. The monoisotopic (exact) mass is 305 g/mol. The largest absolute Gasteiger partial charge is 0.466 e. The summed E-state index contributed by atoms with van der Waals surface area (Å²) in [4.78, 5) is 11.8. The molecule has 4 nitrogen and oxygen atoms in total. The molecule has 0 saturated carbocycles. The van der Waals surface area contributed by atoms with Gasteiger partial charge in [-0.05, 0) is 24.6 Å². The lowest BCUT2D eigenvalue weighted by Crippen LogP contribution is -2.39. The minimum Gasteiger partial charge on any atom is -0.466 e. The van der Waals surface area contributed by atoms with Gasteiger partial charge in [0.1, 0.15) is 11.4 Å². The number of aliphatic hydroxyl groups is 1. The van der Waals surface area contributed by atoms with Crippen LogP contribution in [0.3, 0.4) is 0 Å². The van der Waals surface area contributed by atoms with Crippen molar-refractivity contribution in [2.24, 2.45) is 0 Å². The minimum absolute atomic E-state index is 0.0947. The molecule has 2 N–H and O–H groups in total. The van der Waals surface area contributed by atoms with E-state index in [4.69, 9.17) is 4.42 Å². The van der Waals surface area contributed by atoms with Crippen LogP contribution in [0.1, 0.15) is 18.2 Å². The van der Waals surface area contributed by atoms with Crippen molar-refractivity contribution in [3.05, 3.63) is 60.1 Å². The summed E-state index contributed by atoms with van der Waals surface area (Å²) < 4.78 is 5.16. The Morgan fingerprint density at radius 2 is 2.05 bits per heavy atom. The van der Waals surface area contributed by atoms with Crippen molar-refractivity contribution in [1.29, 1.82) is 0 Å². The van der Waals surface area contributed by atoms with Crippen LogP contribution in [-0.2, 0) is 16.1 Å². The van der Waals surface area contributed by atoms with E-state index in [1.165, 1.54) is 11.8 Å². The molecule has 1 atom stereocenters. The lowest BCUT2D eigenvalue weighted by atomic mass is 10.0. The van der Waals surface area contributed by atoms with Gasteiger partial charge in [-0.1, -0.05) is 30.3 Å². The summed E-state index contributed by atoms with van der Waals surface area (Å²) in [5, 5.41) is 12.9. The summed E-state index contributed by atoms with van der Waals surface area (Å²) in [5.74, 6) is 1.51. The molecule has 0 aliphatic heterocycles. The second-order valence-corrected chi connectivity index (χ2v) is 5.99. The molecule has 5 heteroatoms. The van der Waals surface area contributed by atoms with Gasteiger partial charge < -0.3 is 14.8 Å². The van der Waals surface area contributed by atoms with Crippen LogP contribution in [0.25, 0.3) is 0 Å². The molecule has 2 rings (SSSR count). The molecule has 112 valence electrons. The number of nitrogens with one attached hydrogen (secondary N) is 1. The predicted octanol–water partition coefficient (Wildman–Crippen LogP) is 2.54. The van der Waals surface area contributed by atoms with Gasteiger partial charge in [0, 0.05) is 5.75 Å². The number of rotatable bonds is 7. The molecule has 1 heterocycles. The Morgan fingerprint density at radius 3 is 2.71 bits per heavy atom. The van der Waals surface area contributed by atoms with E-state index in [1.807, 2.05) is 30.3 Å². The lowest BCUT2D eigenvalue weighted by Gasteiger charge is -2.21. The van der Waals surface area contributed by atoms with Gasteiger partial charge in [0.05, 0.1) is 18.6 Å². The third kappa shape index (κ3) is 4.95. The van der Waals surface area contributed by atoms with E-state index in [9.17, 15) is 9.90 Å². The third-order valence-corrected chi connectivity index (χ3v) is 4.03. The Kier molecular flexibility index (Phi) is 5.47. The van der Waals surface area contributed by atoms with Gasteiger partial charge in [0.15, 0.2) is 0 Å². The maximum absolute atomic E-state index is 11.8. The van der Waals surface area contributed by atoms with E-state index >= 15 is 0 Å². The summed E-state index contributed by atoms with van der Waals surface area (Å²) in [6, 6.07) is 13.4. The van der Waals surface area contributed by atoms with Crippen LogP contribution >= 0.6 is 11.8 Å². The van der Waals surface area contributed by atoms with Crippen LogP contribution in [0.4, 0.5) is 0 Å². The topological polar surface area (TPSA) is 62.5 Å². The van der Waals surface area contributed by atoms with Crippen LogP contribution in [-0.4, -0.2) is 23.3 Å². The molecule has 0 aliphatic rings. The number of furan rings is 1. The van der Waals surface area contributed by atoms with E-state index in [-0.39, 0.29) is 12.5 Å². The first-order valence-corrected chi connectivity index (χ1v) is 7.88. The van der Waals surface area contributed by atoms with Gasteiger partial charge >= 0.3 is 0 Å². The fourth-order valence-electron chi connectivity index (χ4n) is 1.83. The quantitative estimate of drug-likeness (QED) is 0.825. The molecular weight excluding hydrogens is 286 g/mol. The first kappa shape index (κ1) is 15.7. The predicted molar refractivity (Wildman–Crippen MR) is 83.9 cm³/mol. The normalized spacial score (nSPS) is 13.6. The zero-order valence-corrected chi connectivity index (χ0v) is 12.7. The van der Waals surface area contributed by atoms with Gasteiger partial charge in [0.25, 0.3) is 0 Å². The fraction of sp³-hybridized carbons (Fsp3) is 0.312. The van der Waals surface area contributed by atoms with Crippen molar-refractivity contribution < 1.29 is 14.3 Å². The third-order valence-electron chi connectivity index (χ3n) is 3.03. The molecule has 0 fully saturated rings. The van der Waals surface area contributed by atoms with Crippen molar-refractivity contribution >= 4 is 17.7 Å². The second kappa shape index (κ2) is 7.33. The first-order chi connectivity index (χ1) is 10.1. The SMILES string of the molecule is CC(O)(CNC(=O)CSCc1ccccc1)c1ccco1. The van der Waals surface area contributed by atoms with E-state index in [1.54, 1.807) is 30.8 Å². The van der Waals surface area contributed by atoms with Gasteiger partial charge in [0.2, 0.25) is 5.91 Å². The molecule has 1 aromatic carbocycles. The molecule has 0 aliphatic carbocycles. The molecule has 2 aromatic rings. The molecule has 0 spiro atoms. The maximum atomic E-state index is 11.8. The molecule has 1 unspecified atom stereocenters. The van der Waals surface area contributed by atoms with E-state index in [0.29, 0.717) is 11.5 Å². The molecular formula is C16H19NO3S. The van der Waals surface area contributed by atoms with Gasteiger partial charge in [-0.15, -0.1) is 11.8 Å². The number of hydrogen-bond donors (Lipinski definition) is 2. The molecule has 1 aromatic heterocycles. The highest BCUT2D eigenvalue weighted by molar-refractivity contribution is 7.99.